The van der Waals surface area contributed by atoms with Gasteiger partial charge in [0.1, 0.15) is 0 Å². The van der Waals surface area contributed by atoms with Gasteiger partial charge in [-0.05, 0) is 26.2 Å². The van der Waals surface area contributed by atoms with E-state index in [9.17, 15) is 13.2 Å². The van der Waals surface area contributed by atoms with Crippen LogP contribution in [-0.4, -0.2) is 56.4 Å². The molecular formula is C12H24N2O3S. The lowest BCUT2D eigenvalue weighted by atomic mass is 10.1. The Hall–Kier alpha value is -0.620. The number of amides is 1. The number of rotatable bonds is 6. The van der Waals surface area contributed by atoms with Crippen molar-refractivity contribution in [3.63, 3.8) is 0 Å². The van der Waals surface area contributed by atoms with Crippen molar-refractivity contribution in [1.82, 2.24) is 10.2 Å². The molecule has 0 aromatic heterocycles. The Kier molecular flexibility index (Phi) is 6.08. The van der Waals surface area contributed by atoms with Gasteiger partial charge in [-0.25, -0.2) is 8.42 Å². The van der Waals surface area contributed by atoms with Gasteiger partial charge in [0.15, 0.2) is 9.84 Å². The maximum atomic E-state index is 11.9. The van der Waals surface area contributed by atoms with Crippen molar-refractivity contribution in [3.8, 4) is 0 Å². The molecule has 0 aromatic carbocycles. The van der Waals surface area contributed by atoms with Gasteiger partial charge in [-0.2, -0.15) is 0 Å². The van der Waals surface area contributed by atoms with Gasteiger partial charge in [0, 0.05) is 24.9 Å². The lowest BCUT2D eigenvalue weighted by Gasteiger charge is -2.27. The second-order valence-corrected chi connectivity index (χ2v) is 7.32. The van der Waals surface area contributed by atoms with Crippen LogP contribution in [0.2, 0.25) is 0 Å². The Morgan fingerprint density at radius 1 is 1.28 bits per heavy atom. The minimum atomic E-state index is -2.98. The molecule has 1 unspecified atom stereocenters. The first-order chi connectivity index (χ1) is 8.44. The summed E-state index contributed by atoms with van der Waals surface area (Å²) in [6.45, 7) is 5.35. The lowest BCUT2D eigenvalue weighted by Crippen LogP contribution is -2.44. The van der Waals surface area contributed by atoms with Crippen molar-refractivity contribution in [2.45, 2.75) is 39.2 Å². The number of nitrogens with one attached hydrogen (secondary N) is 1. The zero-order chi connectivity index (χ0) is 13.6. The molecule has 6 heteroatoms. The Bertz CT molecular complexity index is 362. The smallest absolute Gasteiger partial charge is 0.236 e. The second kappa shape index (κ2) is 7.09. The predicted octanol–water partition coefficient (Wildman–Crippen LogP) is 0.412. The summed E-state index contributed by atoms with van der Waals surface area (Å²) >= 11 is 0. The molecule has 1 heterocycles. The third kappa shape index (κ3) is 5.35. The molecule has 1 rings (SSSR count). The van der Waals surface area contributed by atoms with E-state index in [4.69, 9.17) is 0 Å². The van der Waals surface area contributed by atoms with Gasteiger partial charge in [-0.3, -0.25) is 4.79 Å². The highest BCUT2D eigenvalue weighted by atomic mass is 32.2. The van der Waals surface area contributed by atoms with Crippen molar-refractivity contribution in [2.24, 2.45) is 0 Å². The molecule has 1 aliphatic heterocycles. The summed E-state index contributed by atoms with van der Waals surface area (Å²) in [7, 11) is -2.98. The van der Waals surface area contributed by atoms with Crippen molar-refractivity contribution in [1.29, 1.82) is 0 Å². The summed E-state index contributed by atoms with van der Waals surface area (Å²) in [5, 5.41) is 3.00. The molecule has 1 saturated heterocycles. The molecule has 18 heavy (non-hydrogen) atoms. The molecular weight excluding hydrogens is 252 g/mol. The minimum Gasteiger partial charge on any atom is -0.342 e. The average molecular weight is 276 g/mol. The fraction of sp³-hybridized carbons (Fsp3) is 0.917. The van der Waals surface area contributed by atoms with Crippen LogP contribution in [0.25, 0.3) is 0 Å². The van der Waals surface area contributed by atoms with Crippen molar-refractivity contribution in [3.05, 3.63) is 0 Å². The van der Waals surface area contributed by atoms with Gasteiger partial charge in [0.2, 0.25) is 5.91 Å². The van der Waals surface area contributed by atoms with Gasteiger partial charge < -0.3 is 10.2 Å². The zero-order valence-electron chi connectivity index (χ0n) is 11.3. The number of hydrogen-bond donors (Lipinski definition) is 1. The molecule has 0 radical (unpaired) electrons. The number of sulfone groups is 1. The van der Waals surface area contributed by atoms with Crippen LogP contribution in [0.4, 0.5) is 0 Å². The highest BCUT2D eigenvalue weighted by Gasteiger charge is 2.18. The normalized spacial score (nSPS) is 18.7. The average Bonchev–Trinajstić information content (AvgIpc) is 2.36. The van der Waals surface area contributed by atoms with Crippen LogP contribution < -0.4 is 5.32 Å². The summed E-state index contributed by atoms with van der Waals surface area (Å²) in [5.74, 6) is 0.325. The van der Waals surface area contributed by atoms with E-state index in [1.807, 2.05) is 4.90 Å². The molecule has 1 fully saturated rings. The first-order valence-corrected chi connectivity index (χ1v) is 8.48. The molecule has 0 aliphatic carbocycles. The van der Waals surface area contributed by atoms with Gasteiger partial charge in [-0.15, -0.1) is 0 Å². The standard InChI is InChI=1S/C12H24N2O3S/c1-3-18(16,17)10-11(2)13-9-12(15)14-7-5-4-6-8-14/h11,13H,3-10H2,1-2H3. The van der Waals surface area contributed by atoms with Crippen LogP contribution in [0.1, 0.15) is 33.1 Å². The molecule has 1 aliphatic rings. The van der Waals surface area contributed by atoms with Crippen LogP contribution in [-0.2, 0) is 14.6 Å². The number of likely N-dealkylation sites (tertiary alicyclic amines) is 1. The fourth-order valence-corrected chi connectivity index (χ4v) is 3.19. The summed E-state index contributed by atoms with van der Waals surface area (Å²) in [4.78, 5) is 13.7. The molecule has 0 aromatic rings. The van der Waals surface area contributed by atoms with Crippen molar-refractivity contribution >= 4 is 15.7 Å². The molecule has 0 saturated carbocycles. The molecule has 0 bridgehead atoms. The van der Waals surface area contributed by atoms with E-state index in [1.54, 1.807) is 13.8 Å². The van der Waals surface area contributed by atoms with Crippen molar-refractivity contribution in [2.75, 3.05) is 31.1 Å². The van der Waals surface area contributed by atoms with Gasteiger partial charge in [0.25, 0.3) is 0 Å². The molecule has 106 valence electrons. The zero-order valence-corrected chi connectivity index (χ0v) is 12.1. The quantitative estimate of drug-likeness (QED) is 0.763. The van der Waals surface area contributed by atoms with Gasteiger partial charge >= 0.3 is 0 Å². The highest BCUT2D eigenvalue weighted by Crippen LogP contribution is 2.08. The summed E-state index contributed by atoms with van der Waals surface area (Å²) in [6, 6.07) is -0.177. The Balaban J connectivity index is 2.29. The summed E-state index contributed by atoms with van der Waals surface area (Å²) < 4.78 is 22.8. The van der Waals surface area contributed by atoms with Crippen molar-refractivity contribution < 1.29 is 13.2 Å². The second-order valence-electron chi connectivity index (χ2n) is 4.92. The van der Waals surface area contributed by atoms with Gasteiger partial charge in [0.05, 0.1) is 12.3 Å². The summed E-state index contributed by atoms with van der Waals surface area (Å²) in [6.07, 6.45) is 3.35. The Morgan fingerprint density at radius 2 is 1.89 bits per heavy atom. The van der Waals surface area contributed by atoms with Gasteiger partial charge in [-0.1, -0.05) is 6.92 Å². The topological polar surface area (TPSA) is 66.5 Å². The van der Waals surface area contributed by atoms with E-state index < -0.39 is 9.84 Å². The van der Waals surface area contributed by atoms with E-state index in [1.165, 1.54) is 6.42 Å². The predicted molar refractivity (Wildman–Crippen MR) is 72.2 cm³/mol. The number of carbonyl (C=O) groups is 1. The van der Waals surface area contributed by atoms with E-state index in [0.717, 1.165) is 25.9 Å². The van der Waals surface area contributed by atoms with Crippen LogP contribution in [0.15, 0.2) is 0 Å². The number of nitrogens with zero attached hydrogens (tertiary/aromatic N) is 1. The largest absolute Gasteiger partial charge is 0.342 e. The van der Waals surface area contributed by atoms with E-state index in [0.29, 0.717) is 0 Å². The fourth-order valence-electron chi connectivity index (χ4n) is 2.07. The van der Waals surface area contributed by atoms with Crippen LogP contribution in [0, 0.1) is 0 Å². The van der Waals surface area contributed by atoms with Crippen LogP contribution in [0.3, 0.4) is 0 Å². The van der Waals surface area contributed by atoms with Crippen LogP contribution in [0.5, 0.6) is 0 Å². The minimum absolute atomic E-state index is 0.0791. The number of carbonyl (C=O) groups excluding carboxylic acids is 1. The van der Waals surface area contributed by atoms with Crippen LogP contribution >= 0.6 is 0 Å². The maximum Gasteiger partial charge on any atom is 0.236 e. The Labute approximate surface area is 110 Å². The molecule has 1 N–H and O–H groups in total. The summed E-state index contributed by atoms with van der Waals surface area (Å²) in [5.41, 5.74) is 0. The maximum absolute atomic E-state index is 11.9. The SMILES string of the molecule is CCS(=O)(=O)CC(C)NCC(=O)N1CCCCC1. The number of piperidine rings is 1. The van der Waals surface area contributed by atoms with E-state index >= 15 is 0 Å². The molecule has 1 amide bonds. The van der Waals surface area contributed by atoms with E-state index in [-0.39, 0.29) is 30.0 Å². The highest BCUT2D eigenvalue weighted by molar-refractivity contribution is 7.91. The first-order valence-electron chi connectivity index (χ1n) is 6.66. The number of hydrogen-bond acceptors (Lipinski definition) is 4. The third-order valence-corrected chi connectivity index (χ3v) is 5.14. The third-order valence-electron chi connectivity index (χ3n) is 3.25. The molecule has 1 atom stereocenters. The first kappa shape index (κ1) is 15.4. The molecule has 0 spiro atoms. The molecule has 5 nitrogen and oxygen atoms in total. The monoisotopic (exact) mass is 276 g/mol. The lowest BCUT2D eigenvalue weighted by molar-refractivity contribution is -0.131. The Morgan fingerprint density at radius 3 is 2.44 bits per heavy atom. The van der Waals surface area contributed by atoms with E-state index in [2.05, 4.69) is 5.32 Å².